The summed E-state index contributed by atoms with van der Waals surface area (Å²) in [7, 11) is 0. The van der Waals surface area contributed by atoms with Gasteiger partial charge in [-0.05, 0) is 30.7 Å². The van der Waals surface area contributed by atoms with Crippen molar-refractivity contribution in [2.24, 2.45) is 0 Å². The van der Waals surface area contributed by atoms with E-state index in [1.165, 1.54) is 0 Å². The number of nitrogens with zero attached hydrogens (tertiary/aromatic N) is 2. The quantitative estimate of drug-likeness (QED) is 0.753. The second-order valence-electron chi connectivity index (χ2n) is 5.21. The number of aromatic amines is 1. The van der Waals surface area contributed by atoms with Crippen LogP contribution in [0.1, 0.15) is 22.8 Å². The van der Waals surface area contributed by atoms with E-state index in [-0.39, 0.29) is 5.91 Å². The highest BCUT2D eigenvalue weighted by molar-refractivity contribution is 6.42. The number of halogens is 2. The Kier molecular flexibility index (Phi) is 4.55. The maximum absolute atomic E-state index is 12.9. The summed E-state index contributed by atoms with van der Waals surface area (Å²) in [6.45, 7) is 3.00. The maximum atomic E-state index is 12.9. The molecular weight excluding hydrogens is 333 g/mol. The van der Waals surface area contributed by atoms with Gasteiger partial charge < -0.3 is 4.90 Å². The molecule has 0 aliphatic rings. The van der Waals surface area contributed by atoms with Crippen molar-refractivity contribution >= 4 is 40.0 Å². The number of carbonyl (C=O) groups excluding carboxylic acids is 1. The molecule has 0 bridgehead atoms. The zero-order valence-corrected chi connectivity index (χ0v) is 14.0. The van der Waals surface area contributed by atoms with Crippen LogP contribution in [0.5, 0.6) is 0 Å². The van der Waals surface area contributed by atoms with E-state index in [4.69, 9.17) is 23.2 Å². The Morgan fingerprint density at radius 3 is 2.78 bits per heavy atom. The van der Waals surface area contributed by atoms with Crippen molar-refractivity contribution < 1.29 is 4.79 Å². The molecular formula is C17H15Cl2N3O. The topological polar surface area (TPSA) is 49.0 Å². The van der Waals surface area contributed by atoms with Gasteiger partial charge >= 0.3 is 0 Å². The van der Waals surface area contributed by atoms with Crippen LogP contribution >= 0.6 is 23.2 Å². The molecule has 3 rings (SSSR count). The van der Waals surface area contributed by atoms with E-state index in [1.807, 2.05) is 25.1 Å². The maximum Gasteiger partial charge on any atom is 0.256 e. The van der Waals surface area contributed by atoms with Gasteiger partial charge in [0.1, 0.15) is 0 Å². The average molecular weight is 348 g/mol. The van der Waals surface area contributed by atoms with Gasteiger partial charge in [0.05, 0.1) is 27.3 Å². The lowest BCUT2D eigenvalue weighted by Crippen LogP contribution is -2.30. The molecule has 0 radical (unpaired) electrons. The second-order valence-corrected chi connectivity index (χ2v) is 6.02. The largest absolute Gasteiger partial charge is 0.335 e. The minimum atomic E-state index is -0.0478. The number of fused-ring (bicyclic) bond motifs is 1. The first-order chi connectivity index (χ1) is 11.1. The van der Waals surface area contributed by atoms with Crippen molar-refractivity contribution in [3.63, 3.8) is 0 Å². The summed E-state index contributed by atoms with van der Waals surface area (Å²) < 4.78 is 0. The standard InChI is InChI=1S/C17H15Cl2N3O/c1-2-22(10-11-6-7-14(18)15(19)8-11)17(23)13-5-3-4-12-9-20-21-16(12)13/h3-9H,2,10H2,1H3,(H,20,21). The van der Waals surface area contributed by atoms with Gasteiger partial charge in [-0.2, -0.15) is 5.10 Å². The lowest BCUT2D eigenvalue weighted by atomic mass is 10.1. The second kappa shape index (κ2) is 6.60. The minimum absolute atomic E-state index is 0.0478. The van der Waals surface area contributed by atoms with Crippen molar-refractivity contribution in [1.82, 2.24) is 15.1 Å². The van der Waals surface area contributed by atoms with E-state index in [1.54, 1.807) is 29.3 Å². The molecule has 1 heterocycles. The SMILES string of the molecule is CCN(Cc1ccc(Cl)c(Cl)c1)C(=O)c1cccc2cn[nH]c12. The molecule has 0 fully saturated rings. The van der Waals surface area contributed by atoms with Gasteiger partial charge in [-0.1, -0.05) is 41.4 Å². The predicted molar refractivity (Wildman–Crippen MR) is 93.0 cm³/mol. The summed E-state index contributed by atoms with van der Waals surface area (Å²) in [5, 5.41) is 8.81. The van der Waals surface area contributed by atoms with Crippen LogP contribution in [-0.4, -0.2) is 27.5 Å². The number of benzene rings is 2. The highest BCUT2D eigenvalue weighted by atomic mass is 35.5. The van der Waals surface area contributed by atoms with E-state index in [0.29, 0.717) is 28.7 Å². The molecule has 1 amide bonds. The Morgan fingerprint density at radius 1 is 1.22 bits per heavy atom. The van der Waals surface area contributed by atoms with Crippen LogP contribution in [0.2, 0.25) is 10.0 Å². The van der Waals surface area contributed by atoms with E-state index >= 15 is 0 Å². The molecule has 3 aromatic rings. The van der Waals surface area contributed by atoms with Gasteiger partial charge in [-0.25, -0.2) is 0 Å². The van der Waals surface area contributed by atoms with Crippen LogP contribution in [0.25, 0.3) is 10.9 Å². The zero-order valence-electron chi connectivity index (χ0n) is 12.5. The number of nitrogens with one attached hydrogen (secondary N) is 1. The van der Waals surface area contributed by atoms with Crippen LogP contribution in [0.4, 0.5) is 0 Å². The van der Waals surface area contributed by atoms with Crippen LogP contribution in [0.3, 0.4) is 0 Å². The average Bonchev–Trinajstić information content (AvgIpc) is 3.03. The van der Waals surface area contributed by atoms with Crippen LogP contribution in [0.15, 0.2) is 42.6 Å². The van der Waals surface area contributed by atoms with E-state index in [2.05, 4.69) is 10.2 Å². The molecule has 0 spiro atoms. The molecule has 1 aromatic heterocycles. The zero-order chi connectivity index (χ0) is 16.4. The van der Waals surface area contributed by atoms with Crippen molar-refractivity contribution in [3.05, 3.63) is 63.8 Å². The van der Waals surface area contributed by atoms with Crippen LogP contribution < -0.4 is 0 Å². The van der Waals surface area contributed by atoms with Gasteiger partial charge in [0.25, 0.3) is 5.91 Å². The molecule has 0 saturated carbocycles. The molecule has 23 heavy (non-hydrogen) atoms. The number of aromatic nitrogens is 2. The molecule has 1 N–H and O–H groups in total. The van der Waals surface area contributed by atoms with Crippen LogP contribution in [0, 0.1) is 0 Å². The van der Waals surface area contributed by atoms with Gasteiger partial charge in [-0.3, -0.25) is 9.89 Å². The number of amides is 1. The Hall–Kier alpha value is -2.04. The monoisotopic (exact) mass is 347 g/mol. The highest BCUT2D eigenvalue weighted by Crippen LogP contribution is 2.24. The summed E-state index contributed by atoms with van der Waals surface area (Å²) in [6, 6.07) is 11.0. The fraction of sp³-hybridized carbons (Fsp3) is 0.176. The first kappa shape index (κ1) is 15.8. The summed E-state index contributed by atoms with van der Waals surface area (Å²) in [5.74, 6) is -0.0478. The van der Waals surface area contributed by atoms with E-state index < -0.39 is 0 Å². The summed E-state index contributed by atoms with van der Waals surface area (Å²) in [5.41, 5.74) is 2.30. The summed E-state index contributed by atoms with van der Waals surface area (Å²) in [4.78, 5) is 14.6. The van der Waals surface area contributed by atoms with Crippen molar-refractivity contribution in [2.75, 3.05) is 6.54 Å². The van der Waals surface area contributed by atoms with Gasteiger partial charge in [0.15, 0.2) is 0 Å². The number of carbonyl (C=O) groups is 1. The molecule has 0 aliphatic carbocycles. The Balaban J connectivity index is 1.89. The number of rotatable bonds is 4. The number of H-pyrrole nitrogens is 1. The molecule has 118 valence electrons. The minimum Gasteiger partial charge on any atom is -0.335 e. The first-order valence-electron chi connectivity index (χ1n) is 7.25. The van der Waals surface area contributed by atoms with Crippen molar-refractivity contribution in [3.8, 4) is 0 Å². The number of hydrogen-bond donors (Lipinski definition) is 1. The van der Waals surface area contributed by atoms with E-state index in [9.17, 15) is 4.79 Å². The summed E-state index contributed by atoms with van der Waals surface area (Å²) >= 11 is 12.0. The fourth-order valence-electron chi connectivity index (χ4n) is 2.50. The van der Waals surface area contributed by atoms with Crippen LogP contribution in [-0.2, 0) is 6.54 Å². The molecule has 0 unspecified atom stereocenters. The molecule has 0 aliphatic heterocycles. The Labute approximate surface area is 144 Å². The summed E-state index contributed by atoms with van der Waals surface area (Å²) in [6.07, 6.45) is 1.71. The van der Waals surface area contributed by atoms with Crippen molar-refractivity contribution in [1.29, 1.82) is 0 Å². The third-order valence-corrected chi connectivity index (χ3v) is 4.47. The first-order valence-corrected chi connectivity index (χ1v) is 8.01. The molecule has 0 saturated heterocycles. The Bertz CT molecular complexity index is 860. The van der Waals surface area contributed by atoms with Gasteiger partial charge in [-0.15, -0.1) is 0 Å². The molecule has 0 atom stereocenters. The van der Waals surface area contributed by atoms with Crippen molar-refractivity contribution in [2.45, 2.75) is 13.5 Å². The highest BCUT2D eigenvalue weighted by Gasteiger charge is 2.18. The van der Waals surface area contributed by atoms with Gasteiger partial charge in [0.2, 0.25) is 0 Å². The molecule has 2 aromatic carbocycles. The number of hydrogen-bond acceptors (Lipinski definition) is 2. The molecule has 6 heteroatoms. The lowest BCUT2D eigenvalue weighted by molar-refractivity contribution is 0.0754. The molecule has 4 nitrogen and oxygen atoms in total. The normalized spacial score (nSPS) is 10.9. The third-order valence-electron chi connectivity index (χ3n) is 3.73. The third kappa shape index (κ3) is 3.19. The smallest absolute Gasteiger partial charge is 0.256 e. The predicted octanol–water partition coefficient (Wildman–Crippen LogP) is 4.53. The van der Waals surface area contributed by atoms with Gasteiger partial charge in [0, 0.05) is 18.5 Å². The van der Waals surface area contributed by atoms with E-state index in [0.717, 1.165) is 16.5 Å². The Morgan fingerprint density at radius 2 is 2.04 bits per heavy atom. The fourth-order valence-corrected chi connectivity index (χ4v) is 2.82. The number of para-hydroxylation sites is 1. The lowest BCUT2D eigenvalue weighted by Gasteiger charge is -2.21.